The maximum atomic E-state index is 12.3. The third-order valence-electron chi connectivity index (χ3n) is 4.24. The van der Waals surface area contributed by atoms with Crippen molar-refractivity contribution < 1.29 is 4.79 Å². The monoisotopic (exact) mass is 397 g/mol. The molecular weight excluding hydrogens is 374 g/mol. The number of para-hydroxylation sites is 1. The number of aryl methyl sites for hydroxylation is 1. The van der Waals surface area contributed by atoms with Crippen molar-refractivity contribution in [3.8, 4) is 5.69 Å². The summed E-state index contributed by atoms with van der Waals surface area (Å²) in [5.41, 5.74) is 3.49. The van der Waals surface area contributed by atoms with Crippen molar-refractivity contribution in [2.45, 2.75) is 33.9 Å². The lowest BCUT2D eigenvalue weighted by atomic mass is 10.1. The zero-order valence-electron chi connectivity index (χ0n) is 16.3. The smallest absolute Gasteiger partial charge is 0.244 e. The average molecular weight is 398 g/mol. The van der Waals surface area contributed by atoms with Crippen molar-refractivity contribution in [1.29, 1.82) is 0 Å². The van der Waals surface area contributed by atoms with Gasteiger partial charge in [-0.2, -0.15) is 10.2 Å². The molecule has 1 N–H and O–H groups in total. The Morgan fingerprint density at radius 1 is 1.29 bits per heavy atom. The van der Waals surface area contributed by atoms with E-state index in [0.717, 1.165) is 29.1 Å². The third kappa shape index (κ3) is 4.70. The number of carbonyl (C=O) groups is 1. The highest BCUT2D eigenvalue weighted by atomic mass is 35.5. The van der Waals surface area contributed by atoms with Gasteiger partial charge in [-0.05, 0) is 36.6 Å². The highest BCUT2D eigenvalue weighted by Gasteiger charge is 2.12. The van der Waals surface area contributed by atoms with E-state index in [-0.39, 0.29) is 5.91 Å². The number of benzene rings is 1. The summed E-state index contributed by atoms with van der Waals surface area (Å²) in [6.07, 6.45) is 6.81. The van der Waals surface area contributed by atoms with Gasteiger partial charge in [0.1, 0.15) is 5.15 Å². The molecule has 0 aliphatic carbocycles. The maximum absolute atomic E-state index is 12.3. The lowest BCUT2D eigenvalue weighted by molar-refractivity contribution is -0.116. The second-order valence-corrected chi connectivity index (χ2v) is 7.35. The van der Waals surface area contributed by atoms with E-state index in [9.17, 15) is 4.79 Å². The number of hydrogen-bond acceptors (Lipinski definition) is 3. The molecule has 3 aromatic rings. The normalized spacial score (nSPS) is 11.5. The third-order valence-corrected chi connectivity index (χ3v) is 4.64. The lowest BCUT2D eigenvalue weighted by Gasteiger charge is -2.09. The van der Waals surface area contributed by atoms with Crippen LogP contribution in [0.1, 0.15) is 30.7 Å². The molecular formula is C21H24ClN5O. The Labute approximate surface area is 169 Å². The first-order valence-corrected chi connectivity index (χ1v) is 9.60. The van der Waals surface area contributed by atoms with E-state index < -0.39 is 0 Å². The summed E-state index contributed by atoms with van der Waals surface area (Å²) in [5.74, 6) is 0.245. The molecule has 0 radical (unpaired) electrons. The van der Waals surface area contributed by atoms with Gasteiger partial charge < -0.3 is 5.32 Å². The number of nitrogens with zero attached hydrogens (tertiary/aromatic N) is 4. The Kier molecular flexibility index (Phi) is 6.31. The molecule has 2 heterocycles. The van der Waals surface area contributed by atoms with Gasteiger partial charge in [-0.15, -0.1) is 0 Å². The van der Waals surface area contributed by atoms with E-state index in [0.29, 0.717) is 17.6 Å². The summed E-state index contributed by atoms with van der Waals surface area (Å²) in [6.45, 7) is 7.25. The van der Waals surface area contributed by atoms with Gasteiger partial charge in [-0.3, -0.25) is 9.48 Å². The second-order valence-electron chi connectivity index (χ2n) is 7.00. The molecule has 6 nitrogen and oxygen atoms in total. The van der Waals surface area contributed by atoms with Crippen molar-refractivity contribution in [3.63, 3.8) is 0 Å². The Hall–Kier alpha value is -2.86. The van der Waals surface area contributed by atoms with Crippen LogP contribution in [0.25, 0.3) is 11.8 Å². The van der Waals surface area contributed by atoms with Gasteiger partial charge in [0.05, 0.1) is 11.4 Å². The molecule has 0 aliphatic heterocycles. The van der Waals surface area contributed by atoms with Crippen LogP contribution in [-0.2, 0) is 17.9 Å². The molecule has 0 spiro atoms. The summed E-state index contributed by atoms with van der Waals surface area (Å²) < 4.78 is 3.56. The summed E-state index contributed by atoms with van der Waals surface area (Å²) in [5, 5.41) is 12.2. The Bertz CT molecular complexity index is 973. The van der Waals surface area contributed by atoms with Crippen LogP contribution < -0.4 is 5.32 Å². The van der Waals surface area contributed by atoms with Gasteiger partial charge >= 0.3 is 0 Å². The van der Waals surface area contributed by atoms with Crippen LogP contribution in [-0.4, -0.2) is 25.5 Å². The van der Waals surface area contributed by atoms with E-state index in [1.165, 1.54) is 6.08 Å². The molecule has 0 fully saturated rings. The Balaban J connectivity index is 1.67. The van der Waals surface area contributed by atoms with Crippen molar-refractivity contribution in [1.82, 2.24) is 24.9 Å². The van der Waals surface area contributed by atoms with Gasteiger partial charge in [-0.25, -0.2) is 4.68 Å². The van der Waals surface area contributed by atoms with E-state index in [1.807, 2.05) is 43.5 Å². The number of aromatic nitrogens is 4. The predicted molar refractivity (Wildman–Crippen MR) is 111 cm³/mol. The van der Waals surface area contributed by atoms with E-state index in [1.54, 1.807) is 21.6 Å². The largest absolute Gasteiger partial charge is 0.348 e. The van der Waals surface area contributed by atoms with Gasteiger partial charge in [0, 0.05) is 37.1 Å². The van der Waals surface area contributed by atoms with E-state index >= 15 is 0 Å². The zero-order chi connectivity index (χ0) is 20.1. The molecule has 0 unspecified atom stereocenters. The molecule has 7 heteroatoms. The Morgan fingerprint density at radius 2 is 2.07 bits per heavy atom. The van der Waals surface area contributed by atoms with Crippen molar-refractivity contribution in [2.75, 3.05) is 0 Å². The minimum Gasteiger partial charge on any atom is -0.348 e. The zero-order valence-corrected chi connectivity index (χ0v) is 17.0. The number of amides is 1. The Morgan fingerprint density at radius 3 is 2.79 bits per heavy atom. The first-order chi connectivity index (χ1) is 13.5. The molecule has 0 saturated carbocycles. The van der Waals surface area contributed by atoms with Gasteiger partial charge in [-0.1, -0.05) is 43.6 Å². The highest BCUT2D eigenvalue weighted by Crippen LogP contribution is 2.22. The average Bonchev–Trinajstić information content (AvgIpc) is 3.28. The molecule has 2 aromatic heterocycles. The van der Waals surface area contributed by atoms with Crippen LogP contribution in [0.2, 0.25) is 5.15 Å². The number of carbonyl (C=O) groups excluding carboxylic acids is 1. The van der Waals surface area contributed by atoms with Crippen LogP contribution in [0, 0.1) is 12.8 Å². The van der Waals surface area contributed by atoms with Crippen molar-refractivity contribution in [2.24, 2.45) is 5.92 Å². The summed E-state index contributed by atoms with van der Waals surface area (Å²) >= 11 is 6.42. The van der Waals surface area contributed by atoms with Crippen LogP contribution in [0.5, 0.6) is 0 Å². The fraction of sp³-hybridized carbons (Fsp3) is 0.286. The lowest BCUT2D eigenvalue weighted by Crippen LogP contribution is -2.21. The molecule has 1 aromatic carbocycles. The SMILES string of the molecule is Cc1nn(CC(C)C)c(Cl)c1/C=C/C(=O)NCc1ccccc1-n1cccn1. The number of hydrogen-bond donors (Lipinski definition) is 1. The highest BCUT2D eigenvalue weighted by molar-refractivity contribution is 6.31. The summed E-state index contributed by atoms with van der Waals surface area (Å²) in [7, 11) is 0. The predicted octanol–water partition coefficient (Wildman–Crippen LogP) is 4.02. The van der Waals surface area contributed by atoms with Crippen LogP contribution in [0.15, 0.2) is 48.8 Å². The number of rotatable bonds is 7. The summed E-state index contributed by atoms with van der Waals surface area (Å²) in [6, 6.07) is 9.69. The van der Waals surface area contributed by atoms with Gasteiger partial charge in [0.25, 0.3) is 0 Å². The molecule has 0 bridgehead atoms. The molecule has 0 aliphatic rings. The molecule has 1 amide bonds. The van der Waals surface area contributed by atoms with E-state index in [4.69, 9.17) is 11.6 Å². The van der Waals surface area contributed by atoms with Gasteiger partial charge in [0.2, 0.25) is 5.91 Å². The quantitative estimate of drug-likeness (QED) is 0.612. The van der Waals surface area contributed by atoms with Gasteiger partial charge in [0.15, 0.2) is 0 Å². The van der Waals surface area contributed by atoms with Crippen LogP contribution in [0.4, 0.5) is 0 Å². The first-order valence-electron chi connectivity index (χ1n) is 9.22. The minimum atomic E-state index is -0.192. The van der Waals surface area contributed by atoms with Crippen LogP contribution in [0.3, 0.4) is 0 Å². The van der Waals surface area contributed by atoms with Crippen molar-refractivity contribution >= 4 is 23.6 Å². The summed E-state index contributed by atoms with van der Waals surface area (Å²) in [4.78, 5) is 12.3. The van der Waals surface area contributed by atoms with E-state index in [2.05, 4.69) is 29.4 Å². The maximum Gasteiger partial charge on any atom is 0.244 e. The standard InChI is InChI=1S/C21H24ClN5O/c1-15(2)14-27-21(22)18(16(3)25-27)9-10-20(28)23-13-17-7-4-5-8-19(17)26-12-6-11-24-26/h4-12,15H,13-14H2,1-3H3,(H,23,28)/b10-9+. The molecule has 3 rings (SSSR count). The van der Waals surface area contributed by atoms with Crippen molar-refractivity contribution in [3.05, 3.63) is 70.8 Å². The topological polar surface area (TPSA) is 64.7 Å². The molecule has 0 saturated heterocycles. The minimum absolute atomic E-state index is 0.192. The molecule has 0 atom stereocenters. The number of halogens is 1. The first kappa shape index (κ1) is 19.9. The second kappa shape index (κ2) is 8.89. The van der Waals surface area contributed by atoms with Crippen LogP contribution >= 0.6 is 11.6 Å². The fourth-order valence-corrected chi connectivity index (χ4v) is 3.23. The molecule has 146 valence electrons. The fourth-order valence-electron chi connectivity index (χ4n) is 2.92. The molecule has 28 heavy (non-hydrogen) atoms. The number of nitrogens with one attached hydrogen (secondary N) is 1.